The van der Waals surface area contributed by atoms with Crippen LogP contribution < -0.4 is 4.90 Å². The number of halogens is 3. The van der Waals surface area contributed by atoms with E-state index in [0.29, 0.717) is 0 Å². The SMILES string of the molecule is O=C1CC(=O)N(c2ccc(F)c(Br)c2F)C1. The van der Waals surface area contributed by atoms with Crippen LogP contribution in [0.25, 0.3) is 0 Å². The number of hydrogen-bond donors (Lipinski definition) is 0. The van der Waals surface area contributed by atoms with Gasteiger partial charge in [0.25, 0.3) is 0 Å². The summed E-state index contributed by atoms with van der Waals surface area (Å²) in [5.41, 5.74) is -0.0795. The average molecular weight is 290 g/mol. The van der Waals surface area contributed by atoms with Gasteiger partial charge in [0.1, 0.15) is 5.82 Å². The van der Waals surface area contributed by atoms with Gasteiger partial charge in [-0.05, 0) is 28.1 Å². The van der Waals surface area contributed by atoms with Crippen LogP contribution in [0.4, 0.5) is 14.5 Å². The highest BCUT2D eigenvalue weighted by Crippen LogP contribution is 2.30. The van der Waals surface area contributed by atoms with E-state index in [9.17, 15) is 18.4 Å². The van der Waals surface area contributed by atoms with Crippen molar-refractivity contribution in [2.24, 2.45) is 0 Å². The van der Waals surface area contributed by atoms with Crippen molar-refractivity contribution in [1.29, 1.82) is 0 Å². The van der Waals surface area contributed by atoms with Crippen LogP contribution in [-0.2, 0) is 9.59 Å². The highest BCUT2D eigenvalue weighted by atomic mass is 79.9. The van der Waals surface area contributed by atoms with Crippen molar-refractivity contribution >= 4 is 33.3 Å². The minimum Gasteiger partial charge on any atom is -0.302 e. The van der Waals surface area contributed by atoms with E-state index >= 15 is 0 Å². The maximum absolute atomic E-state index is 13.6. The lowest BCUT2D eigenvalue weighted by Crippen LogP contribution is -2.25. The van der Waals surface area contributed by atoms with Gasteiger partial charge in [0, 0.05) is 0 Å². The van der Waals surface area contributed by atoms with Gasteiger partial charge in [0.05, 0.1) is 23.1 Å². The highest BCUT2D eigenvalue weighted by molar-refractivity contribution is 9.10. The molecule has 1 aromatic carbocycles. The Labute approximate surface area is 98.2 Å². The molecule has 0 aromatic heterocycles. The topological polar surface area (TPSA) is 37.4 Å². The number of rotatable bonds is 1. The maximum Gasteiger partial charge on any atom is 0.235 e. The van der Waals surface area contributed by atoms with E-state index in [1.165, 1.54) is 0 Å². The number of anilines is 1. The molecule has 0 bridgehead atoms. The summed E-state index contributed by atoms with van der Waals surface area (Å²) in [5, 5.41) is 0. The second-order valence-corrected chi connectivity index (χ2v) is 4.18. The van der Waals surface area contributed by atoms with Crippen LogP contribution in [0.15, 0.2) is 16.6 Å². The summed E-state index contributed by atoms with van der Waals surface area (Å²) in [6, 6.07) is 2.19. The van der Waals surface area contributed by atoms with Gasteiger partial charge in [0.2, 0.25) is 5.91 Å². The molecule has 0 saturated carbocycles. The fraction of sp³-hybridized carbons (Fsp3) is 0.200. The Balaban J connectivity index is 2.45. The second kappa shape index (κ2) is 3.93. The molecular weight excluding hydrogens is 284 g/mol. The molecule has 1 heterocycles. The van der Waals surface area contributed by atoms with E-state index in [2.05, 4.69) is 15.9 Å². The Bertz CT molecular complexity index is 490. The molecule has 1 fully saturated rings. The van der Waals surface area contributed by atoms with Crippen molar-refractivity contribution in [3.05, 3.63) is 28.2 Å². The predicted molar refractivity (Wildman–Crippen MR) is 56.0 cm³/mol. The third-order valence-electron chi connectivity index (χ3n) is 2.29. The fourth-order valence-corrected chi connectivity index (χ4v) is 1.86. The zero-order valence-corrected chi connectivity index (χ0v) is 9.55. The lowest BCUT2D eigenvalue weighted by atomic mass is 10.2. The van der Waals surface area contributed by atoms with Gasteiger partial charge < -0.3 is 4.90 Å². The summed E-state index contributed by atoms with van der Waals surface area (Å²) in [7, 11) is 0. The quantitative estimate of drug-likeness (QED) is 0.586. The number of ketones is 1. The van der Waals surface area contributed by atoms with E-state index in [1.807, 2.05) is 0 Å². The van der Waals surface area contributed by atoms with Gasteiger partial charge in [-0.1, -0.05) is 0 Å². The van der Waals surface area contributed by atoms with Gasteiger partial charge in [-0.2, -0.15) is 0 Å². The first-order valence-corrected chi connectivity index (χ1v) is 5.25. The van der Waals surface area contributed by atoms with Crippen LogP contribution in [0.2, 0.25) is 0 Å². The van der Waals surface area contributed by atoms with Crippen molar-refractivity contribution in [2.75, 3.05) is 11.4 Å². The molecule has 6 heteroatoms. The Morgan fingerprint density at radius 1 is 1.25 bits per heavy atom. The Kier molecular flexibility index (Phi) is 2.75. The first kappa shape index (κ1) is 11.2. The molecule has 0 aliphatic carbocycles. The molecular formula is C10H6BrF2NO2. The minimum absolute atomic E-state index is 0.0795. The molecule has 0 radical (unpaired) electrons. The molecule has 0 atom stereocenters. The summed E-state index contributed by atoms with van der Waals surface area (Å²) in [4.78, 5) is 23.4. The number of hydrogen-bond acceptors (Lipinski definition) is 2. The molecule has 1 saturated heterocycles. The van der Waals surface area contributed by atoms with Crippen molar-refractivity contribution in [3.8, 4) is 0 Å². The van der Waals surface area contributed by atoms with Crippen molar-refractivity contribution in [2.45, 2.75) is 6.42 Å². The summed E-state index contributed by atoms with van der Waals surface area (Å²) in [6.45, 7) is -0.159. The van der Waals surface area contributed by atoms with Gasteiger partial charge in [0.15, 0.2) is 11.6 Å². The third-order valence-corrected chi connectivity index (χ3v) is 3.02. The molecule has 84 valence electrons. The van der Waals surface area contributed by atoms with Crippen molar-refractivity contribution in [1.82, 2.24) is 0 Å². The van der Waals surface area contributed by atoms with E-state index in [4.69, 9.17) is 0 Å². The normalized spacial score (nSPS) is 16.1. The molecule has 0 unspecified atom stereocenters. The number of nitrogens with zero attached hydrogens (tertiary/aromatic N) is 1. The molecule has 1 amide bonds. The maximum atomic E-state index is 13.6. The smallest absolute Gasteiger partial charge is 0.235 e. The lowest BCUT2D eigenvalue weighted by molar-refractivity contribution is -0.121. The Morgan fingerprint density at radius 3 is 2.50 bits per heavy atom. The van der Waals surface area contributed by atoms with Crippen molar-refractivity contribution in [3.63, 3.8) is 0 Å². The first-order chi connectivity index (χ1) is 7.50. The average Bonchev–Trinajstić information content (AvgIpc) is 2.55. The van der Waals surface area contributed by atoms with Crippen LogP contribution in [0.5, 0.6) is 0 Å². The summed E-state index contributed by atoms with van der Waals surface area (Å²) in [6.07, 6.45) is -0.228. The monoisotopic (exact) mass is 289 g/mol. The Morgan fingerprint density at radius 2 is 1.94 bits per heavy atom. The summed E-state index contributed by atoms with van der Waals surface area (Å²) >= 11 is 2.74. The van der Waals surface area contributed by atoms with Gasteiger partial charge in [-0.3, -0.25) is 9.59 Å². The standard InChI is InChI=1S/C10H6BrF2NO2/c11-9-6(12)1-2-7(10(9)13)14-4-5(15)3-8(14)16/h1-2H,3-4H2. The zero-order chi connectivity index (χ0) is 11.9. The van der Waals surface area contributed by atoms with Crippen molar-refractivity contribution < 1.29 is 18.4 Å². The molecule has 16 heavy (non-hydrogen) atoms. The highest BCUT2D eigenvalue weighted by Gasteiger charge is 2.31. The van der Waals surface area contributed by atoms with E-state index in [-0.39, 0.29) is 28.9 Å². The largest absolute Gasteiger partial charge is 0.302 e. The number of carbonyl (C=O) groups is 2. The molecule has 0 N–H and O–H groups in total. The minimum atomic E-state index is -0.872. The van der Waals surface area contributed by atoms with Crippen LogP contribution in [-0.4, -0.2) is 18.2 Å². The molecule has 1 aliphatic rings. The fourth-order valence-electron chi connectivity index (χ4n) is 1.53. The van der Waals surface area contributed by atoms with Gasteiger partial charge in [-0.25, -0.2) is 8.78 Å². The first-order valence-electron chi connectivity index (χ1n) is 4.46. The van der Waals surface area contributed by atoms with Crippen LogP contribution >= 0.6 is 15.9 Å². The van der Waals surface area contributed by atoms with Gasteiger partial charge >= 0.3 is 0 Å². The number of amides is 1. The lowest BCUT2D eigenvalue weighted by Gasteiger charge is -2.16. The predicted octanol–water partition coefficient (Wildman–Crippen LogP) is 2.03. The molecule has 1 aliphatic heterocycles. The Hall–Kier alpha value is -1.30. The van der Waals surface area contributed by atoms with E-state index in [0.717, 1.165) is 17.0 Å². The molecule has 1 aromatic rings. The van der Waals surface area contributed by atoms with Crippen LogP contribution in [0.1, 0.15) is 6.42 Å². The number of carbonyl (C=O) groups excluding carboxylic acids is 2. The second-order valence-electron chi connectivity index (χ2n) is 3.39. The number of Topliss-reactive ketones (excluding diaryl/α,β-unsaturated/α-hetero) is 1. The zero-order valence-electron chi connectivity index (χ0n) is 7.97. The van der Waals surface area contributed by atoms with Crippen LogP contribution in [0.3, 0.4) is 0 Å². The summed E-state index contributed by atoms with van der Waals surface area (Å²) in [5.74, 6) is -2.37. The summed E-state index contributed by atoms with van der Waals surface area (Å²) < 4.78 is 26.2. The molecule has 2 rings (SSSR count). The molecule has 3 nitrogen and oxygen atoms in total. The third kappa shape index (κ3) is 1.73. The number of benzene rings is 1. The van der Waals surface area contributed by atoms with Gasteiger partial charge in [-0.15, -0.1) is 0 Å². The van der Waals surface area contributed by atoms with E-state index in [1.54, 1.807) is 0 Å². The van der Waals surface area contributed by atoms with E-state index < -0.39 is 17.5 Å². The van der Waals surface area contributed by atoms with Crippen LogP contribution in [0, 0.1) is 11.6 Å². The molecule has 0 spiro atoms.